The Bertz CT molecular complexity index is 520. The number of hydrogen-bond donors (Lipinski definition) is 2. The molecular formula is C14H20N4O2. The number of aromatic carboxylic acids is 1. The molecule has 0 bridgehead atoms. The third-order valence-corrected chi connectivity index (χ3v) is 4.28. The molecule has 3 N–H and O–H groups in total. The maximum atomic E-state index is 11.2. The molecule has 2 saturated heterocycles. The molecule has 0 amide bonds. The molecule has 1 aromatic heterocycles. The average molecular weight is 276 g/mol. The molecule has 0 radical (unpaired) electrons. The predicted molar refractivity (Wildman–Crippen MR) is 77.0 cm³/mol. The van der Waals surface area contributed by atoms with Crippen molar-refractivity contribution in [1.29, 1.82) is 0 Å². The van der Waals surface area contributed by atoms with Crippen LogP contribution in [-0.4, -0.2) is 53.2 Å². The lowest BCUT2D eigenvalue weighted by molar-refractivity contribution is 0.0698. The number of nitrogen functional groups attached to an aromatic ring is 1. The summed E-state index contributed by atoms with van der Waals surface area (Å²) in [5.41, 5.74) is 6.03. The Hall–Kier alpha value is -1.82. The van der Waals surface area contributed by atoms with Gasteiger partial charge in [0.05, 0.1) is 17.4 Å². The predicted octanol–water partition coefficient (Wildman–Crippen LogP) is 1.04. The lowest BCUT2D eigenvalue weighted by Crippen LogP contribution is -2.37. The number of carboxylic acids is 1. The molecule has 1 atom stereocenters. The van der Waals surface area contributed by atoms with Crippen LogP contribution in [0.5, 0.6) is 0 Å². The first-order valence-electron chi connectivity index (χ1n) is 7.13. The van der Waals surface area contributed by atoms with Crippen molar-refractivity contribution >= 4 is 17.5 Å². The number of anilines is 2. The highest BCUT2D eigenvalue weighted by atomic mass is 16.4. The van der Waals surface area contributed by atoms with Gasteiger partial charge in [0.15, 0.2) is 0 Å². The Morgan fingerprint density at radius 3 is 2.95 bits per heavy atom. The zero-order chi connectivity index (χ0) is 14.1. The van der Waals surface area contributed by atoms with E-state index in [9.17, 15) is 4.79 Å². The number of rotatable bonds is 2. The molecule has 6 heteroatoms. The highest BCUT2D eigenvalue weighted by molar-refractivity contribution is 5.94. The van der Waals surface area contributed by atoms with E-state index >= 15 is 0 Å². The fraction of sp³-hybridized carbons (Fsp3) is 0.571. The Morgan fingerprint density at radius 2 is 2.15 bits per heavy atom. The number of pyridine rings is 1. The summed E-state index contributed by atoms with van der Waals surface area (Å²) in [6, 6.07) is 2.17. The quantitative estimate of drug-likeness (QED) is 0.839. The summed E-state index contributed by atoms with van der Waals surface area (Å²) in [5, 5.41) is 9.16. The van der Waals surface area contributed by atoms with Crippen molar-refractivity contribution < 1.29 is 9.90 Å². The van der Waals surface area contributed by atoms with Crippen LogP contribution in [0.2, 0.25) is 0 Å². The van der Waals surface area contributed by atoms with Crippen molar-refractivity contribution in [3.63, 3.8) is 0 Å². The number of hydrogen-bond acceptors (Lipinski definition) is 5. The highest BCUT2D eigenvalue weighted by Gasteiger charge is 2.29. The lowest BCUT2D eigenvalue weighted by Gasteiger charge is -2.26. The van der Waals surface area contributed by atoms with Gasteiger partial charge in [-0.25, -0.2) is 9.78 Å². The minimum Gasteiger partial charge on any atom is -0.478 e. The first kappa shape index (κ1) is 13.2. The average Bonchev–Trinajstić information content (AvgIpc) is 2.76. The number of carbonyl (C=O) groups is 1. The van der Waals surface area contributed by atoms with E-state index in [1.165, 1.54) is 25.6 Å². The Kier molecular flexibility index (Phi) is 3.48. The third kappa shape index (κ3) is 2.43. The smallest absolute Gasteiger partial charge is 0.337 e. The van der Waals surface area contributed by atoms with Crippen LogP contribution in [0.15, 0.2) is 12.3 Å². The van der Waals surface area contributed by atoms with Crippen molar-refractivity contribution in [3.8, 4) is 0 Å². The van der Waals surface area contributed by atoms with Crippen LogP contribution in [0.4, 0.5) is 11.5 Å². The van der Waals surface area contributed by atoms with Crippen molar-refractivity contribution in [2.45, 2.75) is 25.3 Å². The van der Waals surface area contributed by atoms with Crippen LogP contribution in [0.3, 0.4) is 0 Å². The first-order chi connectivity index (χ1) is 9.65. The van der Waals surface area contributed by atoms with E-state index in [0.29, 0.717) is 6.04 Å². The topological polar surface area (TPSA) is 82.7 Å². The van der Waals surface area contributed by atoms with E-state index < -0.39 is 5.97 Å². The molecule has 3 rings (SSSR count). The van der Waals surface area contributed by atoms with Gasteiger partial charge in [0.2, 0.25) is 0 Å². The monoisotopic (exact) mass is 276 g/mol. The van der Waals surface area contributed by atoms with Crippen LogP contribution in [-0.2, 0) is 0 Å². The van der Waals surface area contributed by atoms with Gasteiger partial charge in [0, 0.05) is 25.7 Å². The molecule has 0 saturated carbocycles. The molecule has 108 valence electrons. The SMILES string of the molecule is Nc1cnc(N2CCCN3CCCC3C2)cc1C(=O)O. The van der Waals surface area contributed by atoms with Crippen LogP contribution >= 0.6 is 0 Å². The largest absolute Gasteiger partial charge is 0.478 e. The van der Waals surface area contributed by atoms with Gasteiger partial charge in [-0.15, -0.1) is 0 Å². The van der Waals surface area contributed by atoms with Gasteiger partial charge in [-0.1, -0.05) is 0 Å². The fourth-order valence-electron chi connectivity index (χ4n) is 3.23. The zero-order valence-corrected chi connectivity index (χ0v) is 11.5. The number of fused-ring (bicyclic) bond motifs is 1. The lowest BCUT2D eigenvalue weighted by atomic mass is 10.2. The highest BCUT2D eigenvalue weighted by Crippen LogP contribution is 2.25. The standard InChI is InChI=1S/C14H20N4O2/c15-12-8-16-13(7-11(12)14(19)20)18-6-2-5-17-4-1-3-10(17)9-18/h7-8,10H,1-6,9,15H2,(H,19,20). The number of aromatic nitrogens is 1. The summed E-state index contributed by atoms with van der Waals surface area (Å²) in [6.07, 6.45) is 5.02. The Labute approximate surface area is 118 Å². The minimum absolute atomic E-state index is 0.141. The van der Waals surface area contributed by atoms with E-state index in [-0.39, 0.29) is 11.3 Å². The maximum Gasteiger partial charge on any atom is 0.337 e. The third-order valence-electron chi connectivity index (χ3n) is 4.28. The van der Waals surface area contributed by atoms with Crippen LogP contribution in [0.1, 0.15) is 29.6 Å². The molecule has 0 aliphatic carbocycles. The Morgan fingerprint density at radius 1 is 1.35 bits per heavy atom. The van der Waals surface area contributed by atoms with Gasteiger partial charge in [0.1, 0.15) is 5.82 Å². The summed E-state index contributed by atoms with van der Waals surface area (Å²) < 4.78 is 0. The Balaban J connectivity index is 1.84. The zero-order valence-electron chi connectivity index (χ0n) is 11.5. The summed E-state index contributed by atoms with van der Waals surface area (Å²) in [5.74, 6) is -0.270. The van der Waals surface area contributed by atoms with Gasteiger partial charge in [0.25, 0.3) is 0 Å². The van der Waals surface area contributed by atoms with E-state index in [2.05, 4.69) is 14.8 Å². The second kappa shape index (κ2) is 5.28. The normalized spacial score (nSPS) is 23.4. The van der Waals surface area contributed by atoms with Crippen molar-refractivity contribution in [3.05, 3.63) is 17.8 Å². The van der Waals surface area contributed by atoms with Gasteiger partial charge in [-0.2, -0.15) is 0 Å². The van der Waals surface area contributed by atoms with E-state index in [4.69, 9.17) is 10.8 Å². The molecule has 1 unspecified atom stereocenters. The second-order valence-corrected chi connectivity index (χ2v) is 5.57. The number of carboxylic acid groups (broad SMARTS) is 1. The second-order valence-electron chi connectivity index (χ2n) is 5.57. The summed E-state index contributed by atoms with van der Waals surface area (Å²) in [6.45, 7) is 4.16. The summed E-state index contributed by atoms with van der Waals surface area (Å²) in [4.78, 5) is 20.2. The van der Waals surface area contributed by atoms with Gasteiger partial charge in [-0.05, 0) is 31.9 Å². The maximum absolute atomic E-state index is 11.2. The van der Waals surface area contributed by atoms with Crippen LogP contribution in [0, 0.1) is 0 Å². The fourth-order valence-corrected chi connectivity index (χ4v) is 3.23. The molecule has 2 aliphatic rings. The van der Waals surface area contributed by atoms with E-state index in [1.54, 1.807) is 6.07 Å². The van der Waals surface area contributed by atoms with E-state index in [0.717, 1.165) is 31.9 Å². The number of nitrogens with zero attached hydrogens (tertiary/aromatic N) is 3. The van der Waals surface area contributed by atoms with Gasteiger partial charge in [-0.3, -0.25) is 4.90 Å². The number of nitrogens with two attached hydrogens (primary N) is 1. The van der Waals surface area contributed by atoms with Crippen molar-refractivity contribution in [2.24, 2.45) is 0 Å². The molecule has 1 aromatic rings. The van der Waals surface area contributed by atoms with Gasteiger partial charge < -0.3 is 15.7 Å². The first-order valence-corrected chi connectivity index (χ1v) is 7.13. The molecule has 0 spiro atoms. The van der Waals surface area contributed by atoms with Gasteiger partial charge >= 0.3 is 5.97 Å². The molecule has 20 heavy (non-hydrogen) atoms. The molecule has 2 fully saturated rings. The molecule has 6 nitrogen and oxygen atoms in total. The van der Waals surface area contributed by atoms with Crippen LogP contribution in [0.25, 0.3) is 0 Å². The molecular weight excluding hydrogens is 256 g/mol. The van der Waals surface area contributed by atoms with Crippen molar-refractivity contribution in [2.75, 3.05) is 36.8 Å². The van der Waals surface area contributed by atoms with Crippen molar-refractivity contribution in [1.82, 2.24) is 9.88 Å². The molecule has 2 aliphatic heterocycles. The summed E-state index contributed by atoms with van der Waals surface area (Å²) >= 11 is 0. The molecule has 3 heterocycles. The van der Waals surface area contributed by atoms with E-state index in [1.807, 2.05) is 0 Å². The summed E-state index contributed by atoms with van der Waals surface area (Å²) in [7, 11) is 0. The molecule has 0 aromatic carbocycles. The van der Waals surface area contributed by atoms with Crippen LogP contribution < -0.4 is 10.6 Å². The minimum atomic E-state index is -0.997.